The summed E-state index contributed by atoms with van der Waals surface area (Å²) in [5.41, 5.74) is 2.42. The molecule has 2 aromatic rings. The Kier molecular flexibility index (Phi) is 8.38. The van der Waals surface area contributed by atoms with Crippen LogP contribution in [0.4, 0.5) is 0 Å². The van der Waals surface area contributed by atoms with Crippen LogP contribution in [0.3, 0.4) is 0 Å². The van der Waals surface area contributed by atoms with Gasteiger partial charge in [-0.3, -0.25) is 4.90 Å². The lowest BCUT2D eigenvalue weighted by atomic mass is 9.94. The summed E-state index contributed by atoms with van der Waals surface area (Å²) < 4.78 is 5.23. The second kappa shape index (κ2) is 11.7. The Morgan fingerprint density at radius 3 is 2.68 bits per heavy atom. The molecule has 6 heteroatoms. The Labute approximate surface area is 190 Å². The molecule has 0 aliphatic carbocycles. The van der Waals surface area contributed by atoms with E-state index in [1.54, 1.807) is 18.9 Å². The van der Waals surface area contributed by atoms with Crippen molar-refractivity contribution in [1.29, 1.82) is 0 Å². The van der Waals surface area contributed by atoms with Crippen LogP contribution in [0.5, 0.6) is 5.75 Å². The molecule has 2 saturated heterocycles. The number of hydrogen-bond donors (Lipinski definition) is 0. The lowest BCUT2D eigenvalue weighted by molar-refractivity contribution is 0.226. The second-order valence-electron chi connectivity index (χ2n) is 8.44. The van der Waals surface area contributed by atoms with Gasteiger partial charge in [0.25, 0.3) is 0 Å². The Morgan fingerprint density at radius 1 is 1.06 bits per heavy atom. The van der Waals surface area contributed by atoms with E-state index in [9.17, 15) is 0 Å². The van der Waals surface area contributed by atoms with Crippen LogP contribution in [0.1, 0.15) is 42.9 Å². The Balaban J connectivity index is 1.26. The number of methoxy groups -OCH3 is 1. The monoisotopic (exact) mass is 438 g/mol. The Hall–Kier alpha value is -1.89. The first-order valence-electron chi connectivity index (χ1n) is 11.5. The highest BCUT2D eigenvalue weighted by Crippen LogP contribution is 2.27. The standard InChI is InChI=1S/C25H34N4OS/c1-30-23-10-8-21(9-11-23)6-4-16-29-17-5-7-22(20-29)24-12-13-26-25(27-24)31-19-18-28-14-2-3-15-28/h4,6,8-13,22H,2-3,5,7,14-20H2,1H3. The van der Waals surface area contributed by atoms with Crippen LogP contribution < -0.4 is 4.74 Å². The van der Waals surface area contributed by atoms with E-state index in [4.69, 9.17) is 9.72 Å². The number of aromatic nitrogens is 2. The summed E-state index contributed by atoms with van der Waals surface area (Å²) in [4.78, 5) is 14.5. The van der Waals surface area contributed by atoms with Gasteiger partial charge in [-0.25, -0.2) is 9.97 Å². The number of ether oxygens (including phenoxy) is 1. The number of rotatable bonds is 9. The van der Waals surface area contributed by atoms with Crippen LogP contribution in [0.25, 0.3) is 6.08 Å². The normalized spacial score (nSPS) is 20.5. The summed E-state index contributed by atoms with van der Waals surface area (Å²) in [6, 6.07) is 10.3. The van der Waals surface area contributed by atoms with Gasteiger partial charge in [-0.1, -0.05) is 36.0 Å². The molecule has 1 unspecified atom stereocenters. The van der Waals surface area contributed by atoms with Crippen LogP contribution in [0.15, 0.2) is 47.8 Å². The molecular weight excluding hydrogens is 404 g/mol. The number of thioether (sulfide) groups is 1. The van der Waals surface area contributed by atoms with Gasteiger partial charge in [-0.2, -0.15) is 0 Å². The van der Waals surface area contributed by atoms with Gasteiger partial charge in [0, 0.05) is 43.2 Å². The maximum Gasteiger partial charge on any atom is 0.187 e. The summed E-state index contributed by atoms with van der Waals surface area (Å²) >= 11 is 1.80. The molecule has 2 aliphatic rings. The zero-order valence-electron chi connectivity index (χ0n) is 18.6. The van der Waals surface area contributed by atoms with Crippen molar-refractivity contribution in [2.24, 2.45) is 0 Å². The number of hydrogen-bond acceptors (Lipinski definition) is 6. The van der Waals surface area contributed by atoms with E-state index in [1.807, 2.05) is 18.3 Å². The molecule has 0 amide bonds. The van der Waals surface area contributed by atoms with Crippen LogP contribution >= 0.6 is 11.8 Å². The number of nitrogens with zero attached hydrogens (tertiary/aromatic N) is 4. The van der Waals surface area contributed by atoms with E-state index in [-0.39, 0.29) is 0 Å². The molecular formula is C25H34N4OS. The zero-order chi connectivity index (χ0) is 21.3. The predicted octanol–water partition coefficient (Wildman–Crippen LogP) is 4.57. The van der Waals surface area contributed by atoms with Crippen molar-refractivity contribution in [3.63, 3.8) is 0 Å². The van der Waals surface area contributed by atoms with Gasteiger partial charge in [-0.05, 0) is 69.1 Å². The summed E-state index contributed by atoms with van der Waals surface area (Å²) in [5.74, 6) is 2.48. The summed E-state index contributed by atoms with van der Waals surface area (Å²) in [6.07, 6.45) is 11.6. The first-order valence-corrected chi connectivity index (χ1v) is 12.5. The summed E-state index contributed by atoms with van der Waals surface area (Å²) in [6.45, 7) is 6.87. The van der Waals surface area contributed by atoms with E-state index < -0.39 is 0 Å². The van der Waals surface area contributed by atoms with Gasteiger partial charge in [0.15, 0.2) is 5.16 Å². The molecule has 0 N–H and O–H groups in total. The average Bonchev–Trinajstić information content (AvgIpc) is 3.34. The molecule has 166 valence electrons. The van der Waals surface area contributed by atoms with Crippen molar-refractivity contribution < 1.29 is 4.74 Å². The molecule has 5 nitrogen and oxygen atoms in total. The molecule has 0 saturated carbocycles. The van der Waals surface area contributed by atoms with Crippen molar-refractivity contribution in [3.8, 4) is 5.75 Å². The number of benzene rings is 1. The molecule has 3 heterocycles. The Morgan fingerprint density at radius 2 is 1.87 bits per heavy atom. The van der Waals surface area contributed by atoms with Crippen molar-refractivity contribution in [2.45, 2.75) is 36.8 Å². The molecule has 0 bridgehead atoms. The van der Waals surface area contributed by atoms with Crippen LogP contribution in [-0.2, 0) is 0 Å². The average molecular weight is 439 g/mol. The second-order valence-corrected chi connectivity index (χ2v) is 9.50. The molecule has 2 fully saturated rings. The minimum atomic E-state index is 0.504. The largest absolute Gasteiger partial charge is 0.497 e. The first kappa shape index (κ1) is 22.3. The predicted molar refractivity (Wildman–Crippen MR) is 129 cm³/mol. The quantitative estimate of drug-likeness (QED) is 0.422. The lowest BCUT2D eigenvalue weighted by Crippen LogP contribution is -2.34. The van der Waals surface area contributed by atoms with E-state index in [2.05, 4.69) is 45.1 Å². The van der Waals surface area contributed by atoms with Crippen LogP contribution in [-0.4, -0.2) is 71.9 Å². The fraction of sp³-hybridized carbons (Fsp3) is 0.520. The van der Waals surface area contributed by atoms with E-state index in [0.717, 1.165) is 42.8 Å². The van der Waals surface area contributed by atoms with Crippen molar-refractivity contribution in [3.05, 3.63) is 53.9 Å². The first-order chi connectivity index (χ1) is 15.3. The smallest absolute Gasteiger partial charge is 0.187 e. The molecule has 0 radical (unpaired) electrons. The van der Waals surface area contributed by atoms with Gasteiger partial charge in [-0.15, -0.1) is 0 Å². The topological polar surface area (TPSA) is 41.5 Å². The highest BCUT2D eigenvalue weighted by Gasteiger charge is 2.22. The minimum absolute atomic E-state index is 0.504. The highest BCUT2D eigenvalue weighted by atomic mass is 32.2. The molecule has 1 atom stereocenters. The zero-order valence-corrected chi connectivity index (χ0v) is 19.4. The Bertz CT molecular complexity index is 836. The van der Waals surface area contributed by atoms with Gasteiger partial charge >= 0.3 is 0 Å². The van der Waals surface area contributed by atoms with Gasteiger partial charge in [0.05, 0.1) is 7.11 Å². The summed E-state index contributed by atoms with van der Waals surface area (Å²) in [7, 11) is 1.70. The minimum Gasteiger partial charge on any atom is -0.497 e. The SMILES string of the molecule is COc1ccc(C=CCN2CCCC(c3ccnc(SCCN4CCCC4)n3)C2)cc1. The number of likely N-dealkylation sites (tertiary alicyclic amines) is 2. The van der Waals surface area contributed by atoms with E-state index >= 15 is 0 Å². The maximum absolute atomic E-state index is 5.23. The van der Waals surface area contributed by atoms with Crippen molar-refractivity contribution in [1.82, 2.24) is 19.8 Å². The van der Waals surface area contributed by atoms with E-state index in [0.29, 0.717) is 5.92 Å². The van der Waals surface area contributed by atoms with Gasteiger partial charge in [0.1, 0.15) is 5.75 Å². The molecule has 1 aromatic heterocycles. The fourth-order valence-electron chi connectivity index (χ4n) is 4.44. The van der Waals surface area contributed by atoms with E-state index in [1.165, 1.54) is 50.0 Å². The maximum atomic E-state index is 5.23. The summed E-state index contributed by atoms with van der Waals surface area (Å²) in [5, 5.41) is 0.938. The third-order valence-corrected chi connectivity index (χ3v) is 7.05. The van der Waals surface area contributed by atoms with Crippen LogP contribution in [0, 0.1) is 0 Å². The lowest BCUT2D eigenvalue weighted by Gasteiger charge is -2.31. The fourth-order valence-corrected chi connectivity index (χ4v) is 5.28. The molecule has 1 aromatic carbocycles. The number of piperidine rings is 1. The third-order valence-electron chi connectivity index (χ3n) is 6.21. The van der Waals surface area contributed by atoms with Crippen molar-refractivity contribution >= 4 is 17.8 Å². The third kappa shape index (κ3) is 6.79. The molecule has 2 aliphatic heterocycles. The highest BCUT2D eigenvalue weighted by molar-refractivity contribution is 7.99. The van der Waals surface area contributed by atoms with Gasteiger partial charge < -0.3 is 9.64 Å². The van der Waals surface area contributed by atoms with Gasteiger partial charge in [0.2, 0.25) is 0 Å². The van der Waals surface area contributed by atoms with Crippen LogP contribution in [0.2, 0.25) is 0 Å². The molecule has 31 heavy (non-hydrogen) atoms. The molecule has 4 rings (SSSR count). The van der Waals surface area contributed by atoms with Crippen molar-refractivity contribution in [2.75, 3.05) is 52.1 Å². The molecule has 0 spiro atoms.